The predicted octanol–water partition coefficient (Wildman–Crippen LogP) is 3.23. The highest BCUT2D eigenvalue weighted by Gasteiger charge is 2.27. The van der Waals surface area contributed by atoms with E-state index >= 15 is 0 Å². The number of anilines is 1. The van der Waals surface area contributed by atoms with Crippen molar-refractivity contribution in [2.75, 3.05) is 19.0 Å². The van der Waals surface area contributed by atoms with Crippen LogP contribution in [0.25, 0.3) is 0 Å². The van der Waals surface area contributed by atoms with Crippen LogP contribution in [0.5, 0.6) is 0 Å². The minimum Gasteiger partial charge on any atom is -0.394 e. The second-order valence-corrected chi connectivity index (χ2v) is 5.43. The van der Waals surface area contributed by atoms with E-state index < -0.39 is 5.54 Å². The van der Waals surface area contributed by atoms with Gasteiger partial charge in [-0.05, 0) is 32.0 Å². The second kappa shape index (κ2) is 5.78. The maximum atomic E-state index is 12.0. The number of hydrogen-bond donors (Lipinski definition) is 2. The highest BCUT2D eigenvalue weighted by Crippen LogP contribution is 2.26. The molecule has 0 heterocycles. The van der Waals surface area contributed by atoms with Crippen LogP contribution in [0.2, 0.25) is 10.0 Å². The van der Waals surface area contributed by atoms with Crippen LogP contribution in [0, 0.1) is 0 Å². The maximum Gasteiger partial charge on any atom is 0.322 e. The Morgan fingerprint density at radius 2 is 2.06 bits per heavy atom. The summed E-state index contributed by atoms with van der Waals surface area (Å²) in [5, 5.41) is 12.8. The number of likely N-dealkylation sites (N-methyl/N-ethyl adjacent to an activating group) is 1. The lowest BCUT2D eigenvalue weighted by molar-refractivity contribution is 0.104. The SMILES string of the molecule is CN(C(=O)Nc1cc(Cl)ccc1Cl)C(C)(C)CO. The molecule has 6 heteroatoms. The van der Waals surface area contributed by atoms with Crippen molar-refractivity contribution >= 4 is 34.9 Å². The number of hydrogen-bond acceptors (Lipinski definition) is 2. The van der Waals surface area contributed by atoms with E-state index in [9.17, 15) is 9.90 Å². The average molecular weight is 291 g/mol. The summed E-state index contributed by atoms with van der Waals surface area (Å²) in [6.07, 6.45) is 0. The molecular weight excluding hydrogens is 275 g/mol. The van der Waals surface area contributed by atoms with Gasteiger partial charge in [0.1, 0.15) is 0 Å². The van der Waals surface area contributed by atoms with Crippen LogP contribution in [0.15, 0.2) is 18.2 Å². The summed E-state index contributed by atoms with van der Waals surface area (Å²) < 4.78 is 0. The molecule has 4 nitrogen and oxygen atoms in total. The number of carbonyl (C=O) groups is 1. The van der Waals surface area contributed by atoms with Crippen molar-refractivity contribution < 1.29 is 9.90 Å². The first kappa shape index (κ1) is 15.1. The molecule has 0 aliphatic rings. The zero-order valence-corrected chi connectivity index (χ0v) is 12.0. The Kier molecular flexibility index (Phi) is 4.85. The third-order valence-corrected chi connectivity index (χ3v) is 3.33. The molecule has 0 bridgehead atoms. The summed E-state index contributed by atoms with van der Waals surface area (Å²) in [6, 6.07) is 4.46. The third-order valence-electron chi connectivity index (χ3n) is 2.77. The lowest BCUT2D eigenvalue weighted by Crippen LogP contribution is -2.49. The van der Waals surface area contributed by atoms with Crippen LogP contribution in [0.1, 0.15) is 13.8 Å². The van der Waals surface area contributed by atoms with Gasteiger partial charge in [-0.25, -0.2) is 4.79 Å². The molecule has 0 radical (unpaired) electrons. The van der Waals surface area contributed by atoms with Gasteiger partial charge in [0.15, 0.2) is 0 Å². The molecule has 1 aromatic carbocycles. The monoisotopic (exact) mass is 290 g/mol. The summed E-state index contributed by atoms with van der Waals surface area (Å²) >= 11 is 11.8. The zero-order chi connectivity index (χ0) is 13.9. The lowest BCUT2D eigenvalue weighted by Gasteiger charge is -2.33. The van der Waals surface area contributed by atoms with E-state index in [2.05, 4.69) is 5.32 Å². The molecule has 2 N–H and O–H groups in total. The molecule has 2 amide bonds. The minimum atomic E-state index is -0.658. The largest absolute Gasteiger partial charge is 0.394 e. The molecule has 100 valence electrons. The highest BCUT2D eigenvalue weighted by molar-refractivity contribution is 6.35. The van der Waals surface area contributed by atoms with Crippen LogP contribution >= 0.6 is 23.2 Å². The molecule has 0 saturated carbocycles. The van der Waals surface area contributed by atoms with Crippen molar-refractivity contribution in [3.63, 3.8) is 0 Å². The van der Waals surface area contributed by atoms with Crippen molar-refractivity contribution in [1.29, 1.82) is 0 Å². The van der Waals surface area contributed by atoms with E-state index in [1.807, 2.05) is 0 Å². The number of benzene rings is 1. The fourth-order valence-electron chi connectivity index (χ4n) is 1.17. The third kappa shape index (κ3) is 3.51. The number of nitrogens with zero attached hydrogens (tertiary/aromatic N) is 1. The summed E-state index contributed by atoms with van der Waals surface area (Å²) in [4.78, 5) is 13.4. The van der Waals surface area contributed by atoms with Gasteiger partial charge in [0.2, 0.25) is 0 Å². The zero-order valence-electron chi connectivity index (χ0n) is 10.5. The van der Waals surface area contributed by atoms with Crippen LogP contribution < -0.4 is 5.32 Å². The predicted molar refractivity (Wildman–Crippen MR) is 74.4 cm³/mol. The van der Waals surface area contributed by atoms with Gasteiger partial charge in [-0.1, -0.05) is 23.2 Å². The van der Waals surface area contributed by atoms with Gasteiger partial charge >= 0.3 is 6.03 Å². The number of rotatable bonds is 3. The second-order valence-electron chi connectivity index (χ2n) is 4.58. The van der Waals surface area contributed by atoms with Crippen LogP contribution in [-0.2, 0) is 0 Å². The molecule has 0 atom stereocenters. The van der Waals surface area contributed by atoms with E-state index in [0.717, 1.165) is 0 Å². The van der Waals surface area contributed by atoms with Crippen LogP contribution in [-0.4, -0.2) is 35.2 Å². The molecule has 1 rings (SSSR count). The van der Waals surface area contributed by atoms with Crippen molar-refractivity contribution in [3.05, 3.63) is 28.2 Å². The van der Waals surface area contributed by atoms with Gasteiger partial charge in [-0.15, -0.1) is 0 Å². The fraction of sp³-hybridized carbons (Fsp3) is 0.417. The Balaban J connectivity index is 2.85. The minimum absolute atomic E-state index is 0.139. The standard InChI is InChI=1S/C12H16Cl2N2O2/c1-12(2,7-17)16(3)11(18)15-10-6-8(13)4-5-9(10)14/h4-6,17H,7H2,1-3H3,(H,15,18). The molecule has 0 spiro atoms. The van der Waals surface area contributed by atoms with Crippen LogP contribution in [0.4, 0.5) is 10.5 Å². The molecule has 0 aliphatic heterocycles. The molecule has 0 fully saturated rings. The quantitative estimate of drug-likeness (QED) is 0.898. The average Bonchev–Trinajstić information content (AvgIpc) is 2.32. The number of aliphatic hydroxyl groups excluding tert-OH is 1. The van der Waals surface area contributed by atoms with Crippen molar-refractivity contribution in [2.45, 2.75) is 19.4 Å². The molecule has 18 heavy (non-hydrogen) atoms. The maximum absolute atomic E-state index is 12.0. The first-order valence-corrected chi connectivity index (χ1v) is 6.14. The van der Waals surface area contributed by atoms with E-state index in [1.165, 1.54) is 4.90 Å². The fourth-order valence-corrected chi connectivity index (χ4v) is 1.51. The van der Waals surface area contributed by atoms with Crippen molar-refractivity contribution in [3.8, 4) is 0 Å². The topological polar surface area (TPSA) is 52.6 Å². The summed E-state index contributed by atoms with van der Waals surface area (Å²) in [5.41, 5.74) is -0.218. The van der Waals surface area contributed by atoms with Gasteiger partial charge in [0.05, 0.1) is 22.9 Å². The van der Waals surface area contributed by atoms with Gasteiger partial charge in [-0.3, -0.25) is 0 Å². The smallest absolute Gasteiger partial charge is 0.322 e. The Bertz CT molecular complexity index is 450. The Labute approximate surface area is 116 Å². The molecule has 0 unspecified atom stereocenters. The van der Waals surface area contributed by atoms with E-state index in [4.69, 9.17) is 23.2 Å². The van der Waals surface area contributed by atoms with Crippen LogP contribution in [0.3, 0.4) is 0 Å². The van der Waals surface area contributed by atoms with Crippen molar-refractivity contribution in [1.82, 2.24) is 4.90 Å². The number of halogens is 2. The Hall–Kier alpha value is -0.970. The summed E-state index contributed by atoms with van der Waals surface area (Å²) in [6.45, 7) is 3.37. The van der Waals surface area contributed by atoms with Gasteiger partial charge < -0.3 is 15.3 Å². The molecule has 0 aromatic heterocycles. The van der Waals surface area contributed by atoms with Gasteiger partial charge in [0, 0.05) is 12.1 Å². The molecule has 1 aromatic rings. The first-order valence-electron chi connectivity index (χ1n) is 5.38. The number of amides is 2. The highest BCUT2D eigenvalue weighted by atomic mass is 35.5. The Morgan fingerprint density at radius 1 is 1.44 bits per heavy atom. The number of aliphatic hydroxyl groups is 1. The first-order chi connectivity index (χ1) is 8.27. The summed E-state index contributed by atoms with van der Waals surface area (Å²) in [5.74, 6) is 0. The molecule has 0 aliphatic carbocycles. The summed E-state index contributed by atoms with van der Waals surface area (Å²) in [7, 11) is 1.60. The molecular formula is C12H16Cl2N2O2. The van der Waals surface area contributed by atoms with Crippen molar-refractivity contribution in [2.24, 2.45) is 0 Å². The normalized spacial score (nSPS) is 11.2. The van der Waals surface area contributed by atoms with E-state index in [-0.39, 0.29) is 12.6 Å². The van der Waals surface area contributed by atoms with E-state index in [0.29, 0.717) is 15.7 Å². The number of nitrogens with one attached hydrogen (secondary N) is 1. The Morgan fingerprint density at radius 3 is 2.61 bits per heavy atom. The van der Waals surface area contributed by atoms with E-state index in [1.54, 1.807) is 39.1 Å². The molecule has 0 saturated heterocycles. The number of urea groups is 1. The van der Waals surface area contributed by atoms with Gasteiger partial charge in [-0.2, -0.15) is 0 Å². The lowest BCUT2D eigenvalue weighted by atomic mass is 10.1. The number of carbonyl (C=O) groups excluding carboxylic acids is 1. The van der Waals surface area contributed by atoms with Gasteiger partial charge in [0.25, 0.3) is 0 Å².